The zero-order valence-electron chi connectivity index (χ0n) is 4.11. The topological polar surface area (TPSA) is 26.3 Å². The van der Waals surface area contributed by atoms with Crippen LogP contribution in [0.2, 0.25) is 0 Å². The van der Waals surface area contributed by atoms with Crippen molar-refractivity contribution in [2.24, 2.45) is 0 Å². The van der Waals surface area contributed by atoms with Gasteiger partial charge in [0, 0.05) is 12.3 Å². The third-order valence-electron chi connectivity index (χ3n) is 0.382. The van der Waals surface area contributed by atoms with E-state index in [1.165, 1.54) is 6.92 Å². The third-order valence-corrected chi connectivity index (χ3v) is 0.706. The first-order valence-corrected chi connectivity index (χ1v) is 3.09. The van der Waals surface area contributed by atoms with E-state index >= 15 is 0 Å². The Hall–Kier alpha value is 0.950. The number of carbonyl (C=O) groups excluding carboxylic acids is 1. The molecule has 0 unspecified atom stereocenters. The summed E-state index contributed by atoms with van der Waals surface area (Å²) in [5.41, 5.74) is 0. The van der Waals surface area contributed by atoms with Gasteiger partial charge in [0.25, 0.3) is 0 Å². The van der Waals surface area contributed by atoms with Gasteiger partial charge >= 0.3 is 35.5 Å². The van der Waals surface area contributed by atoms with E-state index in [0.29, 0.717) is 11.9 Å². The predicted molar refractivity (Wildman–Crippen MR) is 37.6 cm³/mol. The van der Waals surface area contributed by atoms with Crippen LogP contribution >= 0.6 is 15.9 Å². The monoisotopic (exact) mass is 190 g/mol. The molecule has 0 N–H and O–H groups in total. The molecular weight excluding hydrogens is 183 g/mol. The van der Waals surface area contributed by atoms with Gasteiger partial charge in [-0.05, 0) is 0 Å². The van der Waals surface area contributed by atoms with Gasteiger partial charge in [-0.15, -0.1) is 0 Å². The van der Waals surface area contributed by atoms with Crippen LogP contribution in [0.5, 0.6) is 0 Å². The molecular formula is C4H8BrNaO2. The zero-order valence-corrected chi connectivity index (χ0v) is 5.69. The predicted octanol–water partition coefficient (Wildman–Crippen LogP) is 0.296. The first-order chi connectivity index (χ1) is 3.27. The maximum absolute atomic E-state index is 9.96. The Labute approximate surface area is 79.4 Å². The molecule has 0 spiro atoms. The second-order valence-corrected chi connectivity index (χ2v) is 1.82. The molecule has 0 aromatic rings. The fourth-order valence-electron chi connectivity index (χ4n) is 0.182. The van der Waals surface area contributed by atoms with Crippen LogP contribution in [0.25, 0.3) is 0 Å². The summed E-state index contributed by atoms with van der Waals surface area (Å²) >= 11 is 3.10. The second kappa shape index (κ2) is 7.95. The molecule has 0 aliphatic rings. The number of rotatable bonds is 2. The second-order valence-electron chi connectivity index (χ2n) is 1.03. The van der Waals surface area contributed by atoms with Gasteiger partial charge in [0.15, 0.2) is 0 Å². The Kier molecular flexibility index (Phi) is 11.6. The Morgan fingerprint density at radius 2 is 2.25 bits per heavy atom. The average molecular weight is 191 g/mol. The Bertz CT molecular complexity index is 67.1. The van der Waals surface area contributed by atoms with Crippen molar-refractivity contribution in [1.82, 2.24) is 0 Å². The molecule has 8 heavy (non-hydrogen) atoms. The van der Waals surface area contributed by atoms with Gasteiger partial charge in [0.05, 0.1) is 0 Å². The summed E-state index contributed by atoms with van der Waals surface area (Å²) in [6.45, 7) is 1.86. The van der Waals surface area contributed by atoms with Gasteiger partial charge in [-0.2, -0.15) is 0 Å². The van der Waals surface area contributed by atoms with Gasteiger partial charge < -0.3 is 4.74 Å². The van der Waals surface area contributed by atoms with Crippen molar-refractivity contribution in [3.63, 3.8) is 0 Å². The number of alkyl halides is 1. The molecule has 0 aromatic heterocycles. The van der Waals surface area contributed by atoms with Crippen molar-refractivity contribution in [1.29, 1.82) is 0 Å². The molecule has 44 valence electrons. The zero-order chi connectivity index (χ0) is 5.70. The van der Waals surface area contributed by atoms with E-state index in [4.69, 9.17) is 0 Å². The molecule has 0 radical (unpaired) electrons. The molecule has 0 fully saturated rings. The molecule has 4 heteroatoms. The minimum atomic E-state index is -0.223. The summed E-state index contributed by atoms with van der Waals surface area (Å²) in [5, 5.41) is 0.715. The Morgan fingerprint density at radius 1 is 1.75 bits per heavy atom. The first-order valence-electron chi connectivity index (χ1n) is 1.96. The minimum absolute atomic E-state index is 0. The van der Waals surface area contributed by atoms with Gasteiger partial charge in [0.1, 0.15) is 6.61 Å². The third kappa shape index (κ3) is 10.0. The van der Waals surface area contributed by atoms with E-state index in [2.05, 4.69) is 20.7 Å². The fraction of sp³-hybridized carbons (Fsp3) is 0.750. The summed E-state index contributed by atoms with van der Waals surface area (Å²) in [4.78, 5) is 9.96. The van der Waals surface area contributed by atoms with E-state index in [1.54, 1.807) is 0 Å². The Morgan fingerprint density at radius 3 is 2.38 bits per heavy atom. The molecule has 0 saturated heterocycles. The van der Waals surface area contributed by atoms with Gasteiger partial charge in [-0.3, -0.25) is 4.79 Å². The van der Waals surface area contributed by atoms with Crippen LogP contribution in [0.4, 0.5) is 0 Å². The van der Waals surface area contributed by atoms with Crippen molar-refractivity contribution in [3.8, 4) is 0 Å². The molecule has 0 heterocycles. The summed E-state index contributed by atoms with van der Waals surface area (Å²) in [6, 6.07) is 0. The summed E-state index contributed by atoms with van der Waals surface area (Å²) in [5.74, 6) is -0.223. The molecule has 2 nitrogen and oxygen atoms in total. The molecule has 0 saturated carbocycles. The summed E-state index contributed by atoms with van der Waals surface area (Å²) in [6.07, 6.45) is 0. The molecule has 0 aliphatic heterocycles. The standard InChI is InChI=1S/C4H7BrO2.Na.H/c1-4(6)7-3-2-5;;/h2-3H2,1H3;;. The van der Waals surface area contributed by atoms with Gasteiger partial charge in [0.2, 0.25) is 0 Å². The number of hydrogen-bond acceptors (Lipinski definition) is 2. The van der Waals surface area contributed by atoms with Gasteiger partial charge in [-0.25, -0.2) is 0 Å². The van der Waals surface area contributed by atoms with Crippen LogP contribution in [0.1, 0.15) is 6.92 Å². The normalized spacial score (nSPS) is 7.25. The molecule has 0 bridgehead atoms. The number of esters is 1. The molecule has 0 atom stereocenters. The number of hydrogen-bond donors (Lipinski definition) is 0. The van der Waals surface area contributed by atoms with E-state index in [0.717, 1.165) is 0 Å². The van der Waals surface area contributed by atoms with E-state index < -0.39 is 0 Å². The SMILES string of the molecule is CC(=O)OCCBr.[NaH]. The van der Waals surface area contributed by atoms with Crippen LogP contribution in [0.15, 0.2) is 0 Å². The van der Waals surface area contributed by atoms with Crippen molar-refractivity contribution in [2.75, 3.05) is 11.9 Å². The van der Waals surface area contributed by atoms with Gasteiger partial charge in [-0.1, -0.05) is 15.9 Å². The van der Waals surface area contributed by atoms with Crippen molar-refractivity contribution < 1.29 is 9.53 Å². The maximum atomic E-state index is 9.96. The number of carbonyl (C=O) groups is 1. The molecule has 0 amide bonds. The quantitative estimate of drug-likeness (QED) is 0.356. The van der Waals surface area contributed by atoms with Crippen molar-refractivity contribution >= 4 is 51.5 Å². The van der Waals surface area contributed by atoms with Crippen molar-refractivity contribution in [3.05, 3.63) is 0 Å². The van der Waals surface area contributed by atoms with Crippen LogP contribution in [0, 0.1) is 0 Å². The van der Waals surface area contributed by atoms with Crippen LogP contribution < -0.4 is 0 Å². The average Bonchev–Trinajstić information content (AvgIpc) is 1.61. The fourth-order valence-corrected chi connectivity index (χ4v) is 0.344. The molecule has 0 rings (SSSR count). The summed E-state index contributed by atoms with van der Waals surface area (Å²) in [7, 11) is 0. The van der Waals surface area contributed by atoms with Crippen LogP contribution in [-0.2, 0) is 9.53 Å². The number of halogens is 1. The van der Waals surface area contributed by atoms with Crippen molar-refractivity contribution in [2.45, 2.75) is 6.92 Å². The Balaban J connectivity index is 0. The van der Waals surface area contributed by atoms with E-state index in [-0.39, 0.29) is 35.5 Å². The summed E-state index contributed by atoms with van der Waals surface area (Å²) < 4.78 is 4.51. The molecule has 0 aliphatic carbocycles. The first kappa shape index (κ1) is 11.7. The van der Waals surface area contributed by atoms with Crippen LogP contribution in [0.3, 0.4) is 0 Å². The molecule has 0 aromatic carbocycles. The van der Waals surface area contributed by atoms with E-state index in [9.17, 15) is 4.79 Å². The number of ether oxygens (including phenoxy) is 1. The van der Waals surface area contributed by atoms with E-state index in [1.807, 2.05) is 0 Å². The van der Waals surface area contributed by atoms with Crippen LogP contribution in [-0.4, -0.2) is 47.5 Å².